The van der Waals surface area contributed by atoms with E-state index in [1.165, 1.54) is 11.8 Å². The second kappa shape index (κ2) is 6.30. The Hall–Kier alpha value is -2.16. The average molecular weight is 320 g/mol. The van der Waals surface area contributed by atoms with Crippen molar-refractivity contribution in [2.24, 2.45) is 0 Å². The molecule has 3 heterocycles. The minimum Gasteiger partial charge on any atom is -0.467 e. The van der Waals surface area contributed by atoms with Gasteiger partial charge in [0.05, 0.1) is 11.5 Å². The SMILES string of the molecule is CC(C)c1noc(C(C)Sc2nnnn2Cc2ccco2)n1. The van der Waals surface area contributed by atoms with Gasteiger partial charge in [0, 0.05) is 5.92 Å². The van der Waals surface area contributed by atoms with Crippen LogP contribution < -0.4 is 0 Å². The van der Waals surface area contributed by atoms with E-state index < -0.39 is 0 Å². The topological polar surface area (TPSA) is 95.7 Å². The van der Waals surface area contributed by atoms with Crippen LogP contribution >= 0.6 is 11.8 Å². The Kier molecular flexibility index (Phi) is 4.23. The second-order valence-corrected chi connectivity index (χ2v) is 6.41. The zero-order valence-corrected chi connectivity index (χ0v) is 13.3. The molecule has 0 aliphatic heterocycles. The van der Waals surface area contributed by atoms with Gasteiger partial charge in [-0.05, 0) is 29.5 Å². The van der Waals surface area contributed by atoms with Crippen molar-refractivity contribution in [3.8, 4) is 0 Å². The lowest BCUT2D eigenvalue weighted by atomic mass is 10.2. The lowest BCUT2D eigenvalue weighted by molar-refractivity contribution is 0.372. The highest BCUT2D eigenvalue weighted by atomic mass is 32.2. The highest BCUT2D eigenvalue weighted by Gasteiger charge is 2.20. The Morgan fingerprint density at radius 3 is 2.86 bits per heavy atom. The van der Waals surface area contributed by atoms with E-state index in [-0.39, 0.29) is 11.2 Å². The van der Waals surface area contributed by atoms with Crippen LogP contribution in [-0.2, 0) is 6.54 Å². The molecule has 9 heteroatoms. The van der Waals surface area contributed by atoms with E-state index in [4.69, 9.17) is 8.94 Å². The molecule has 0 spiro atoms. The normalized spacial score (nSPS) is 12.9. The lowest BCUT2D eigenvalue weighted by Gasteiger charge is -2.05. The first-order chi connectivity index (χ1) is 10.6. The summed E-state index contributed by atoms with van der Waals surface area (Å²) in [6.07, 6.45) is 1.63. The quantitative estimate of drug-likeness (QED) is 0.640. The number of rotatable bonds is 6. The van der Waals surface area contributed by atoms with Crippen LogP contribution in [-0.4, -0.2) is 30.3 Å². The van der Waals surface area contributed by atoms with E-state index in [0.717, 1.165) is 5.76 Å². The van der Waals surface area contributed by atoms with E-state index in [9.17, 15) is 0 Å². The van der Waals surface area contributed by atoms with Gasteiger partial charge in [0.1, 0.15) is 12.3 Å². The van der Waals surface area contributed by atoms with Crippen LogP contribution in [0.2, 0.25) is 0 Å². The molecule has 0 bridgehead atoms. The number of hydrogen-bond donors (Lipinski definition) is 0. The van der Waals surface area contributed by atoms with Gasteiger partial charge in [-0.3, -0.25) is 0 Å². The van der Waals surface area contributed by atoms with Gasteiger partial charge < -0.3 is 8.94 Å². The summed E-state index contributed by atoms with van der Waals surface area (Å²) in [5.74, 6) is 2.31. The molecule has 8 nitrogen and oxygen atoms in total. The van der Waals surface area contributed by atoms with Crippen molar-refractivity contribution < 1.29 is 8.94 Å². The van der Waals surface area contributed by atoms with Gasteiger partial charge in [0.15, 0.2) is 5.82 Å². The van der Waals surface area contributed by atoms with Gasteiger partial charge in [0.25, 0.3) is 0 Å². The van der Waals surface area contributed by atoms with E-state index in [1.54, 1.807) is 10.9 Å². The largest absolute Gasteiger partial charge is 0.467 e. The second-order valence-electron chi connectivity index (χ2n) is 5.10. The molecule has 0 aliphatic rings. The Morgan fingerprint density at radius 1 is 1.32 bits per heavy atom. The van der Waals surface area contributed by atoms with Crippen LogP contribution in [0.3, 0.4) is 0 Å². The molecule has 0 N–H and O–H groups in total. The monoisotopic (exact) mass is 320 g/mol. The minimum absolute atomic E-state index is 0.0404. The fourth-order valence-electron chi connectivity index (χ4n) is 1.79. The number of hydrogen-bond acceptors (Lipinski definition) is 8. The highest BCUT2D eigenvalue weighted by Crippen LogP contribution is 2.32. The molecule has 22 heavy (non-hydrogen) atoms. The first-order valence-electron chi connectivity index (χ1n) is 6.92. The molecule has 0 amide bonds. The van der Waals surface area contributed by atoms with E-state index in [2.05, 4.69) is 25.7 Å². The number of tetrazole rings is 1. The maximum atomic E-state index is 5.31. The van der Waals surface area contributed by atoms with E-state index in [0.29, 0.717) is 23.4 Å². The Bertz CT molecular complexity index is 721. The Morgan fingerprint density at radius 2 is 2.18 bits per heavy atom. The van der Waals surface area contributed by atoms with Crippen LogP contribution in [0.5, 0.6) is 0 Å². The van der Waals surface area contributed by atoms with Crippen LogP contribution in [0.15, 0.2) is 32.5 Å². The first-order valence-corrected chi connectivity index (χ1v) is 7.80. The molecule has 0 radical (unpaired) electrons. The third-order valence-electron chi connectivity index (χ3n) is 2.99. The summed E-state index contributed by atoms with van der Waals surface area (Å²) in [5.41, 5.74) is 0. The van der Waals surface area contributed by atoms with Gasteiger partial charge in [-0.2, -0.15) is 4.98 Å². The van der Waals surface area contributed by atoms with Crippen LogP contribution in [0.1, 0.15) is 49.4 Å². The molecule has 0 saturated heterocycles. The number of thioether (sulfide) groups is 1. The zero-order valence-electron chi connectivity index (χ0n) is 12.5. The molecule has 1 atom stereocenters. The van der Waals surface area contributed by atoms with Gasteiger partial charge in [-0.1, -0.05) is 30.8 Å². The molecule has 3 aromatic rings. The molecule has 0 aromatic carbocycles. The smallest absolute Gasteiger partial charge is 0.239 e. The van der Waals surface area contributed by atoms with Crippen molar-refractivity contribution in [1.29, 1.82) is 0 Å². The Balaban J connectivity index is 1.71. The molecule has 0 fully saturated rings. The molecular weight excluding hydrogens is 304 g/mol. The standard InChI is InChI=1S/C13H16N6O2S/c1-8(2)11-14-12(21-16-11)9(3)22-13-15-17-18-19(13)7-10-5-4-6-20-10/h4-6,8-9H,7H2,1-3H3. The molecule has 0 saturated carbocycles. The third kappa shape index (κ3) is 3.19. The van der Waals surface area contributed by atoms with E-state index in [1.807, 2.05) is 32.9 Å². The molecular formula is C13H16N6O2S. The molecule has 3 rings (SSSR count). The van der Waals surface area contributed by atoms with Crippen LogP contribution in [0.4, 0.5) is 0 Å². The molecule has 116 valence electrons. The van der Waals surface area contributed by atoms with Gasteiger partial charge in [0.2, 0.25) is 11.0 Å². The van der Waals surface area contributed by atoms with Gasteiger partial charge >= 0.3 is 0 Å². The predicted octanol–water partition coefficient (Wildman–Crippen LogP) is 2.67. The average Bonchev–Trinajstić information content (AvgIpc) is 3.21. The highest BCUT2D eigenvalue weighted by molar-refractivity contribution is 7.99. The lowest BCUT2D eigenvalue weighted by Crippen LogP contribution is -2.04. The summed E-state index contributed by atoms with van der Waals surface area (Å²) in [6.45, 7) is 6.51. The van der Waals surface area contributed by atoms with Crippen LogP contribution in [0.25, 0.3) is 0 Å². The predicted molar refractivity (Wildman–Crippen MR) is 78.3 cm³/mol. The van der Waals surface area contributed by atoms with Crippen molar-refractivity contribution in [3.05, 3.63) is 35.9 Å². The molecule has 0 aliphatic carbocycles. The number of furan rings is 1. The zero-order chi connectivity index (χ0) is 15.5. The third-order valence-corrected chi connectivity index (χ3v) is 4.05. The maximum Gasteiger partial charge on any atom is 0.239 e. The summed E-state index contributed by atoms with van der Waals surface area (Å²) in [7, 11) is 0. The van der Waals surface area contributed by atoms with Crippen molar-refractivity contribution >= 4 is 11.8 Å². The molecule has 3 aromatic heterocycles. The molecule has 1 unspecified atom stereocenters. The van der Waals surface area contributed by atoms with Crippen molar-refractivity contribution in [2.75, 3.05) is 0 Å². The Labute approximate surface area is 131 Å². The van der Waals surface area contributed by atoms with Crippen molar-refractivity contribution in [1.82, 2.24) is 30.3 Å². The van der Waals surface area contributed by atoms with E-state index >= 15 is 0 Å². The summed E-state index contributed by atoms with van der Waals surface area (Å²) in [5, 5.41) is 16.3. The van der Waals surface area contributed by atoms with Crippen molar-refractivity contribution in [3.63, 3.8) is 0 Å². The summed E-state index contributed by atoms with van der Waals surface area (Å²) in [6, 6.07) is 3.72. The first kappa shape index (κ1) is 14.8. The van der Waals surface area contributed by atoms with Crippen LogP contribution in [0, 0.1) is 0 Å². The fraction of sp³-hybridized carbons (Fsp3) is 0.462. The summed E-state index contributed by atoms with van der Waals surface area (Å²) in [4.78, 5) is 4.40. The summed E-state index contributed by atoms with van der Waals surface area (Å²) >= 11 is 1.47. The maximum absolute atomic E-state index is 5.31. The minimum atomic E-state index is -0.0404. The van der Waals surface area contributed by atoms with Crippen molar-refractivity contribution in [2.45, 2.75) is 43.6 Å². The fourth-order valence-corrected chi connectivity index (χ4v) is 2.60. The number of aromatic nitrogens is 6. The van der Waals surface area contributed by atoms with Gasteiger partial charge in [-0.25, -0.2) is 4.68 Å². The summed E-state index contributed by atoms with van der Waals surface area (Å²) < 4.78 is 12.3. The van der Waals surface area contributed by atoms with Gasteiger partial charge in [-0.15, -0.1) is 5.10 Å². The number of nitrogens with zero attached hydrogens (tertiary/aromatic N) is 6.